The van der Waals surface area contributed by atoms with Crippen LogP contribution in [0.25, 0.3) is 0 Å². The monoisotopic (exact) mass is 229 g/mol. The highest BCUT2D eigenvalue weighted by Gasteiger charge is 2.12. The Kier molecular flexibility index (Phi) is 4.56. The van der Waals surface area contributed by atoms with E-state index in [1.165, 1.54) is 12.1 Å². The summed E-state index contributed by atoms with van der Waals surface area (Å²) >= 11 is 5.39. The molecule has 1 N–H and O–H groups in total. The van der Waals surface area contributed by atoms with E-state index in [0.717, 1.165) is 5.56 Å². The summed E-state index contributed by atoms with van der Waals surface area (Å²) in [5.74, 6) is -0.620. The van der Waals surface area contributed by atoms with E-state index in [2.05, 4.69) is 5.32 Å². The first-order valence-corrected chi connectivity index (χ1v) is 5.31. The van der Waals surface area contributed by atoms with Gasteiger partial charge < -0.3 is 5.32 Å². The van der Waals surface area contributed by atoms with Gasteiger partial charge in [0.1, 0.15) is 11.7 Å². The zero-order valence-electron chi connectivity index (χ0n) is 8.47. The quantitative estimate of drug-likeness (QED) is 0.791. The van der Waals surface area contributed by atoms with E-state index < -0.39 is 0 Å². The first-order chi connectivity index (χ1) is 7.17. The van der Waals surface area contributed by atoms with E-state index >= 15 is 0 Å². The Morgan fingerprint density at radius 1 is 1.60 bits per heavy atom. The lowest BCUT2D eigenvalue weighted by Crippen LogP contribution is -2.29. The third-order valence-electron chi connectivity index (χ3n) is 2.12. The van der Waals surface area contributed by atoms with Crippen LogP contribution in [0.1, 0.15) is 24.9 Å². The Balaban J connectivity index is 2.78. The molecule has 0 unspecified atom stereocenters. The van der Waals surface area contributed by atoms with Crippen molar-refractivity contribution in [1.29, 1.82) is 0 Å². The minimum Gasteiger partial charge on any atom is -0.348 e. The second kappa shape index (κ2) is 5.71. The molecule has 1 amide bonds. The number of nitrogens with one attached hydrogen (secondary N) is 1. The molecule has 0 aromatic heterocycles. The van der Waals surface area contributed by atoms with Gasteiger partial charge in [-0.2, -0.15) is 0 Å². The molecule has 0 saturated carbocycles. The predicted octanol–water partition coefficient (Wildman–Crippen LogP) is 2.63. The third kappa shape index (κ3) is 3.51. The van der Waals surface area contributed by atoms with E-state index in [1.807, 2.05) is 6.92 Å². The Hall–Kier alpha value is -1.09. The van der Waals surface area contributed by atoms with Crippen LogP contribution in [-0.4, -0.2) is 11.8 Å². The van der Waals surface area contributed by atoms with Crippen molar-refractivity contribution in [2.75, 3.05) is 5.88 Å². The molecule has 0 aliphatic rings. The second-order valence-corrected chi connectivity index (χ2v) is 3.48. The molecule has 0 spiro atoms. The molecule has 0 bridgehead atoms. The van der Waals surface area contributed by atoms with Gasteiger partial charge >= 0.3 is 0 Å². The Labute approximate surface area is 93.4 Å². The molecular formula is C11H13ClFNO. The summed E-state index contributed by atoms with van der Waals surface area (Å²) in [5.41, 5.74) is 0.760. The zero-order valence-corrected chi connectivity index (χ0v) is 9.22. The minimum atomic E-state index is -0.300. The molecule has 1 rings (SSSR count). The third-order valence-corrected chi connectivity index (χ3v) is 2.36. The average molecular weight is 230 g/mol. The number of hydrogen-bond acceptors (Lipinski definition) is 1. The zero-order chi connectivity index (χ0) is 11.3. The number of rotatable bonds is 4. The van der Waals surface area contributed by atoms with Gasteiger partial charge in [-0.3, -0.25) is 4.79 Å². The molecule has 82 valence electrons. The van der Waals surface area contributed by atoms with Crippen molar-refractivity contribution in [2.45, 2.75) is 19.4 Å². The van der Waals surface area contributed by atoms with Gasteiger partial charge in [0.25, 0.3) is 0 Å². The van der Waals surface area contributed by atoms with Gasteiger partial charge in [-0.1, -0.05) is 19.1 Å². The molecular weight excluding hydrogens is 217 g/mol. The summed E-state index contributed by atoms with van der Waals surface area (Å²) < 4.78 is 12.9. The Morgan fingerprint density at radius 3 is 2.87 bits per heavy atom. The van der Waals surface area contributed by atoms with Crippen LogP contribution in [-0.2, 0) is 4.79 Å². The van der Waals surface area contributed by atoms with Crippen LogP contribution in [0.2, 0.25) is 0 Å². The molecule has 0 radical (unpaired) electrons. The van der Waals surface area contributed by atoms with E-state index in [-0.39, 0.29) is 23.6 Å². The largest absolute Gasteiger partial charge is 0.348 e. The fourth-order valence-electron chi connectivity index (χ4n) is 1.38. The summed E-state index contributed by atoms with van der Waals surface area (Å²) in [5, 5.41) is 2.72. The molecule has 0 saturated heterocycles. The molecule has 0 aliphatic carbocycles. The molecule has 1 aromatic carbocycles. The molecule has 0 heterocycles. The number of amides is 1. The van der Waals surface area contributed by atoms with Crippen LogP contribution in [0, 0.1) is 5.82 Å². The maximum absolute atomic E-state index is 12.9. The summed E-state index contributed by atoms with van der Waals surface area (Å²) in [6.45, 7) is 1.92. The van der Waals surface area contributed by atoms with Crippen molar-refractivity contribution in [1.82, 2.24) is 5.32 Å². The van der Waals surface area contributed by atoms with Gasteiger partial charge in [0, 0.05) is 0 Å². The van der Waals surface area contributed by atoms with E-state index in [0.29, 0.717) is 6.42 Å². The highest BCUT2D eigenvalue weighted by Crippen LogP contribution is 2.17. The Bertz CT molecular complexity index is 343. The van der Waals surface area contributed by atoms with Crippen LogP contribution in [0.3, 0.4) is 0 Å². The predicted molar refractivity (Wildman–Crippen MR) is 58.3 cm³/mol. The van der Waals surface area contributed by atoms with Crippen molar-refractivity contribution in [2.24, 2.45) is 0 Å². The normalized spacial score (nSPS) is 12.2. The Morgan fingerprint density at radius 2 is 2.33 bits per heavy atom. The van der Waals surface area contributed by atoms with E-state index in [1.54, 1.807) is 12.1 Å². The molecule has 15 heavy (non-hydrogen) atoms. The number of halogens is 2. The molecule has 1 aromatic rings. The average Bonchev–Trinajstić information content (AvgIpc) is 2.25. The molecule has 1 atom stereocenters. The van der Waals surface area contributed by atoms with Crippen LogP contribution < -0.4 is 5.32 Å². The van der Waals surface area contributed by atoms with Crippen molar-refractivity contribution in [3.8, 4) is 0 Å². The first-order valence-electron chi connectivity index (χ1n) is 4.78. The van der Waals surface area contributed by atoms with Crippen LogP contribution in [0.4, 0.5) is 4.39 Å². The number of alkyl halides is 1. The summed E-state index contributed by atoms with van der Waals surface area (Å²) in [7, 11) is 0. The van der Waals surface area contributed by atoms with Crippen molar-refractivity contribution in [3.05, 3.63) is 35.6 Å². The lowest BCUT2D eigenvalue weighted by molar-refractivity contribution is -0.119. The van der Waals surface area contributed by atoms with Gasteiger partial charge in [0.2, 0.25) is 5.91 Å². The van der Waals surface area contributed by atoms with Gasteiger partial charge in [-0.25, -0.2) is 4.39 Å². The van der Waals surface area contributed by atoms with Crippen LogP contribution in [0.5, 0.6) is 0 Å². The van der Waals surface area contributed by atoms with Gasteiger partial charge in [0.15, 0.2) is 0 Å². The van der Waals surface area contributed by atoms with Crippen molar-refractivity contribution in [3.63, 3.8) is 0 Å². The molecule has 0 aliphatic heterocycles. The highest BCUT2D eigenvalue weighted by molar-refractivity contribution is 6.27. The second-order valence-electron chi connectivity index (χ2n) is 3.22. The molecule has 0 fully saturated rings. The maximum Gasteiger partial charge on any atom is 0.235 e. The number of carbonyl (C=O) groups is 1. The van der Waals surface area contributed by atoms with Gasteiger partial charge in [-0.05, 0) is 24.1 Å². The van der Waals surface area contributed by atoms with Gasteiger partial charge in [0.05, 0.1) is 6.04 Å². The summed E-state index contributed by atoms with van der Waals surface area (Å²) in [6, 6.07) is 6.03. The maximum atomic E-state index is 12.9. The van der Waals surface area contributed by atoms with Crippen molar-refractivity contribution < 1.29 is 9.18 Å². The van der Waals surface area contributed by atoms with Crippen LogP contribution >= 0.6 is 11.6 Å². The summed E-state index contributed by atoms with van der Waals surface area (Å²) in [4.78, 5) is 11.1. The molecule has 2 nitrogen and oxygen atoms in total. The number of benzene rings is 1. The number of hydrogen-bond donors (Lipinski definition) is 1. The summed E-state index contributed by atoms with van der Waals surface area (Å²) in [6.07, 6.45) is 0.700. The first kappa shape index (κ1) is 12.0. The lowest BCUT2D eigenvalue weighted by Gasteiger charge is -2.16. The highest BCUT2D eigenvalue weighted by atomic mass is 35.5. The van der Waals surface area contributed by atoms with Crippen molar-refractivity contribution >= 4 is 17.5 Å². The van der Waals surface area contributed by atoms with Gasteiger partial charge in [-0.15, -0.1) is 11.6 Å². The fraction of sp³-hybridized carbons (Fsp3) is 0.364. The lowest BCUT2D eigenvalue weighted by atomic mass is 10.0. The van der Waals surface area contributed by atoms with E-state index in [9.17, 15) is 9.18 Å². The SMILES string of the molecule is CC[C@H](NC(=O)CCl)c1cccc(F)c1. The number of carbonyl (C=O) groups excluding carboxylic acids is 1. The molecule has 4 heteroatoms. The minimum absolute atomic E-state index is 0.0776. The topological polar surface area (TPSA) is 29.1 Å². The van der Waals surface area contributed by atoms with E-state index in [4.69, 9.17) is 11.6 Å². The standard InChI is InChI=1S/C11H13ClFNO/c1-2-10(14-11(15)7-12)8-4-3-5-9(13)6-8/h3-6,10H,2,7H2,1H3,(H,14,15)/t10-/m0/s1. The fourth-order valence-corrected chi connectivity index (χ4v) is 1.45. The van der Waals surface area contributed by atoms with Crippen LogP contribution in [0.15, 0.2) is 24.3 Å². The smallest absolute Gasteiger partial charge is 0.235 e.